The van der Waals surface area contributed by atoms with Gasteiger partial charge < -0.3 is 21.5 Å². The number of carbonyl (C=O) groups is 2. The molecule has 1 aromatic carbocycles. The Bertz CT molecular complexity index is 475. The quantitative estimate of drug-likeness (QED) is 0.696. The van der Waals surface area contributed by atoms with Crippen LogP contribution in [0.15, 0.2) is 22.7 Å². The molecule has 0 aliphatic heterocycles. The number of hydrogen-bond donors (Lipinski definition) is 3. The van der Waals surface area contributed by atoms with Crippen LogP contribution >= 0.6 is 15.9 Å². The summed E-state index contributed by atoms with van der Waals surface area (Å²) in [7, 11) is 0. The predicted octanol–water partition coefficient (Wildman–Crippen LogP) is 0.279. The van der Waals surface area contributed by atoms with Crippen LogP contribution in [0.2, 0.25) is 0 Å². The number of nitrogens with two attached hydrogens (primary N) is 2. The second-order valence-corrected chi connectivity index (χ2v) is 5.08. The molecule has 104 valence electrons. The Morgan fingerprint density at radius 1 is 1.32 bits per heavy atom. The average Bonchev–Trinajstić information content (AvgIpc) is 2.26. The monoisotopic (exact) mass is 329 g/mol. The van der Waals surface area contributed by atoms with Gasteiger partial charge in [0.05, 0.1) is 19.2 Å². The van der Waals surface area contributed by atoms with Gasteiger partial charge in [0.2, 0.25) is 11.8 Å². The molecule has 1 aromatic rings. The van der Waals surface area contributed by atoms with Crippen molar-refractivity contribution in [2.75, 3.05) is 18.0 Å². The van der Waals surface area contributed by atoms with E-state index in [1.807, 2.05) is 0 Å². The fourth-order valence-electron chi connectivity index (χ4n) is 1.75. The molecule has 0 heterocycles. The molecule has 1 unspecified atom stereocenters. The summed E-state index contributed by atoms with van der Waals surface area (Å²) in [6.45, 7) is 1.30. The van der Waals surface area contributed by atoms with Crippen LogP contribution in [0.4, 0.5) is 5.69 Å². The number of hydrogen-bond acceptors (Lipinski definition) is 4. The lowest BCUT2D eigenvalue weighted by Crippen LogP contribution is -2.40. The molecule has 2 amide bonds. The molecule has 0 saturated carbocycles. The molecule has 1 rings (SSSR count). The first-order valence-electron chi connectivity index (χ1n) is 5.60. The third-order valence-electron chi connectivity index (χ3n) is 2.47. The van der Waals surface area contributed by atoms with Crippen LogP contribution in [0.25, 0.3) is 0 Å². The van der Waals surface area contributed by atoms with Crippen molar-refractivity contribution in [3.05, 3.63) is 28.2 Å². The first-order valence-corrected chi connectivity index (χ1v) is 6.39. The molecule has 19 heavy (non-hydrogen) atoms. The van der Waals surface area contributed by atoms with Gasteiger partial charge in [0.1, 0.15) is 0 Å². The van der Waals surface area contributed by atoms with Crippen molar-refractivity contribution in [3.63, 3.8) is 0 Å². The Kier molecular flexibility index (Phi) is 5.31. The molecule has 7 heteroatoms. The molecular weight excluding hydrogens is 314 g/mol. The van der Waals surface area contributed by atoms with Gasteiger partial charge in [0.15, 0.2) is 0 Å². The molecule has 6 nitrogen and oxygen atoms in total. The number of halogens is 1. The minimum atomic E-state index is -0.754. The van der Waals surface area contributed by atoms with Crippen molar-refractivity contribution < 1.29 is 14.7 Å². The number of primary amides is 2. The van der Waals surface area contributed by atoms with Gasteiger partial charge in [-0.2, -0.15) is 0 Å². The second-order valence-electron chi connectivity index (χ2n) is 4.17. The molecule has 0 radical (unpaired) electrons. The van der Waals surface area contributed by atoms with Crippen LogP contribution in [-0.2, 0) is 9.59 Å². The predicted molar refractivity (Wildman–Crippen MR) is 75.4 cm³/mol. The van der Waals surface area contributed by atoms with Gasteiger partial charge >= 0.3 is 0 Å². The van der Waals surface area contributed by atoms with Crippen molar-refractivity contribution in [2.45, 2.75) is 13.0 Å². The largest absolute Gasteiger partial charge is 0.389 e. The SMILES string of the molecule is CC(O)c1cc(Br)ccc1N(CC(N)=O)CC(N)=O. The summed E-state index contributed by atoms with van der Waals surface area (Å²) in [5.41, 5.74) is 11.4. The summed E-state index contributed by atoms with van der Waals surface area (Å²) in [6.07, 6.45) is -0.754. The molecule has 0 saturated heterocycles. The Hall–Kier alpha value is -1.60. The van der Waals surface area contributed by atoms with Crippen LogP contribution in [0.1, 0.15) is 18.6 Å². The zero-order valence-electron chi connectivity index (χ0n) is 10.5. The number of benzene rings is 1. The number of aliphatic hydroxyl groups excluding tert-OH is 1. The van der Waals surface area contributed by atoms with E-state index >= 15 is 0 Å². The maximum atomic E-state index is 11.1. The Morgan fingerprint density at radius 2 is 1.84 bits per heavy atom. The van der Waals surface area contributed by atoms with Gasteiger partial charge in [0.25, 0.3) is 0 Å². The Morgan fingerprint density at radius 3 is 2.26 bits per heavy atom. The van der Waals surface area contributed by atoms with E-state index in [0.717, 1.165) is 4.47 Å². The summed E-state index contributed by atoms with van der Waals surface area (Å²) < 4.78 is 0.783. The van der Waals surface area contributed by atoms with Crippen LogP contribution < -0.4 is 16.4 Å². The van der Waals surface area contributed by atoms with Gasteiger partial charge in [0, 0.05) is 15.7 Å². The molecule has 1 atom stereocenters. The van der Waals surface area contributed by atoms with Gasteiger partial charge in [-0.25, -0.2) is 0 Å². The number of carbonyl (C=O) groups excluding carboxylic acids is 2. The number of amides is 2. The minimum Gasteiger partial charge on any atom is -0.389 e. The molecule has 0 bridgehead atoms. The highest BCUT2D eigenvalue weighted by atomic mass is 79.9. The van der Waals surface area contributed by atoms with Crippen LogP contribution in [0, 0.1) is 0 Å². The molecule has 0 spiro atoms. The maximum absolute atomic E-state index is 11.1. The zero-order chi connectivity index (χ0) is 14.6. The standard InChI is InChI=1S/C12H16BrN3O3/c1-7(17)9-4-8(13)2-3-10(9)16(5-11(14)18)6-12(15)19/h2-4,7,17H,5-6H2,1H3,(H2,14,18)(H2,15,19). The lowest BCUT2D eigenvalue weighted by molar-refractivity contribution is -0.117. The van der Waals surface area contributed by atoms with Crippen LogP contribution in [-0.4, -0.2) is 30.0 Å². The fraction of sp³-hybridized carbons (Fsp3) is 0.333. The van der Waals surface area contributed by atoms with E-state index in [1.54, 1.807) is 25.1 Å². The maximum Gasteiger partial charge on any atom is 0.236 e. The Labute approximate surface area is 119 Å². The van der Waals surface area contributed by atoms with Crippen molar-refractivity contribution >= 4 is 33.4 Å². The van der Waals surface area contributed by atoms with Gasteiger partial charge in [-0.1, -0.05) is 15.9 Å². The van der Waals surface area contributed by atoms with Crippen molar-refractivity contribution in [1.82, 2.24) is 0 Å². The first-order chi connectivity index (χ1) is 8.81. The van der Waals surface area contributed by atoms with E-state index in [0.29, 0.717) is 11.3 Å². The third-order valence-corrected chi connectivity index (χ3v) is 2.97. The van der Waals surface area contributed by atoms with E-state index in [-0.39, 0.29) is 13.1 Å². The summed E-state index contributed by atoms with van der Waals surface area (Å²) in [6, 6.07) is 5.16. The second kappa shape index (κ2) is 6.53. The Balaban J connectivity index is 3.20. The van der Waals surface area contributed by atoms with Gasteiger partial charge in [-0.05, 0) is 25.1 Å². The van der Waals surface area contributed by atoms with Crippen molar-refractivity contribution in [2.24, 2.45) is 11.5 Å². The highest BCUT2D eigenvalue weighted by Crippen LogP contribution is 2.29. The number of rotatable bonds is 6. The minimum absolute atomic E-state index is 0.149. The first kappa shape index (κ1) is 15.5. The van der Waals surface area contributed by atoms with Gasteiger partial charge in [-0.3, -0.25) is 9.59 Å². The number of nitrogens with zero attached hydrogens (tertiary/aromatic N) is 1. The highest BCUT2D eigenvalue weighted by Gasteiger charge is 2.18. The van der Waals surface area contributed by atoms with Crippen LogP contribution in [0.5, 0.6) is 0 Å². The van der Waals surface area contributed by atoms with E-state index < -0.39 is 17.9 Å². The summed E-state index contributed by atoms with van der Waals surface area (Å²) in [5, 5.41) is 9.77. The molecule has 0 aliphatic rings. The smallest absolute Gasteiger partial charge is 0.236 e. The average molecular weight is 330 g/mol. The van der Waals surface area contributed by atoms with E-state index in [2.05, 4.69) is 15.9 Å². The number of aliphatic hydroxyl groups is 1. The molecule has 0 aromatic heterocycles. The lowest BCUT2D eigenvalue weighted by Gasteiger charge is -2.25. The van der Waals surface area contributed by atoms with E-state index in [1.165, 1.54) is 4.90 Å². The van der Waals surface area contributed by atoms with E-state index in [4.69, 9.17) is 11.5 Å². The lowest BCUT2D eigenvalue weighted by atomic mass is 10.1. The molecule has 5 N–H and O–H groups in total. The summed E-state index contributed by atoms with van der Waals surface area (Å²) in [5.74, 6) is -1.17. The number of anilines is 1. The normalized spacial score (nSPS) is 11.9. The zero-order valence-corrected chi connectivity index (χ0v) is 12.1. The molecule has 0 aliphatic carbocycles. The fourth-order valence-corrected chi connectivity index (χ4v) is 2.13. The van der Waals surface area contributed by atoms with Crippen molar-refractivity contribution in [3.8, 4) is 0 Å². The molecule has 0 fully saturated rings. The molecular formula is C12H16BrN3O3. The third kappa shape index (κ3) is 4.53. The van der Waals surface area contributed by atoms with E-state index in [9.17, 15) is 14.7 Å². The topological polar surface area (TPSA) is 110 Å². The highest BCUT2D eigenvalue weighted by molar-refractivity contribution is 9.10. The van der Waals surface area contributed by atoms with Crippen LogP contribution in [0.3, 0.4) is 0 Å². The summed E-state index contributed by atoms with van der Waals surface area (Å²) in [4.78, 5) is 23.6. The van der Waals surface area contributed by atoms with Gasteiger partial charge in [-0.15, -0.1) is 0 Å². The van der Waals surface area contributed by atoms with Crippen molar-refractivity contribution in [1.29, 1.82) is 0 Å². The summed E-state index contributed by atoms with van der Waals surface area (Å²) >= 11 is 3.30.